The van der Waals surface area contributed by atoms with E-state index in [1.54, 1.807) is 18.2 Å². The van der Waals surface area contributed by atoms with E-state index in [1.165, 1.54) is 12.1 Å². The summed E-state index contributed by atoms with van der Waals surface area (Å²) in [6.07, 6.45) is 0. The molecule has 0 bridgehead atoms. The van der Waals surface area contributed by atoms with Crippen molar-refractivity contribution in [3.63, 3.8) is 0 Å². The second-order valence-electron chi connectivity index (χ2n) is 5.64. The average molecular weight is 380 g/mol. The highest BCUT2D eigenvalue weighted by atomic mass is 32.2. The van der Waals surface area contributed by atoms with Gasteiger partial charge in [-0.3, -0.25) is 19.3 Å². The van der Waals surface area contributed by atoms with Crippen LogP contribution in [0, 0.1) is 0 Å². The molecule has 0 aromatic heterocycles. The smallest absolute Gasteiger partial charge is 0.355 e. The minimum absolute atomic E-state index is 0.245. The lowest BCUT2D eigenvalue weighted by molar-refractivity contribution is -0.152. The molecule has 3 N–H and O–H groups in total. The molecule has 0 saturated carbocycles. The second kappa shape index (κ2) is 6.79. The number of thioether (sulfide) groups is 1. The number of rotatable bonds is 5. The molecule has 1 aromatic carbocycles. The van der Waals surface area contributed by atoms with Gasteiger partial charge in [0.1, 0.15) is 17.2 Å². The van der Waals surface area contributed by atoms with Gasteiger partial charge in [0.2, 0.25) is 5.91 Å². The number of carbonyl (C=O) groups is 4. The zero-order valence-corrected chi connectivity index (χ0v) is 13.9. The topological polar surface area (TPSA) is 124 Å². The Bertz CT molecular complexity index is 827. The van der Waals surface area contributed by atoms with Crippen molar-refractivity contribution in [1.29, 1.82) is 0 Å². The van der Waals surface area contributed by atoms with Crippen molar-refractivity contribution in [3.05, 3.63) is 47.4 Å². The Morgan fingerprint density at radius 2 is 1.88 bits per heavy atom. The quantitative estimate of drug-likeness (QED) is 0.502. The first-order valence-corrected chi connectivity index (χ1v) is 8.52. The van der Waals surface area contributed by atoms with E-state index in [2.05, 4.69) is 5.32 Å². The number of carbonyl (C=O) groups excluding carboxylic acids is 2. The van der Waals surface area contributed by atoms with Crippen LogP contribution in [-0.2, 0) is 19.2 Å². The van der Waals surface area contributed by atoms with Crippen LogP contribution in [0.2, 0.25) is 0 Å². The first kappa shape index (κ1) is 17.9. The summed E-state index contributed by atoms with van der Waals surface area (Å²) < 4.78 is 13.7. The number of carboxylic acids is 2. The maximum Gasteiger partial charge on any atom is 0.355 e. The van der Waals surface area contributed by atoms with Gasteiger partial charge in [-0.05, 0) is 5.56 Å². The Hall–Kier alpha value is -2.88. The first-order valence-electron chi connectivity index (χ1n) is 7.47. The zero-order valence-electron chi connectivity index (χ0n) is 13.1. The molecule has 2 unspecified atom stereocenters. The van der Waals surface area contributed by atoms with Crippen molar-refractivity contribution >= 4 is 35.5 Å². The molecule has 8 nitrogen and oxygen atoms in total. The molecule has 1 aromatic rings. The Labute approximate surface area is 150 Å². The summed E-state index contributed by atoms with van der Waals surface area (Å²) in [6, 6.07) is 6.67. The van der Waals surface area contributed by atoms with Crippen molar-refractivity contribution in [2.45, 2.75) is 17.3 Å². The SMILES string of the molecule is O=C(O)C1=C(F)CS[C@@H]2C(NC(=O)C(C(=O)O)c3ccccc3)C(=O)N12. The number of β-lactam (4-membered cyclic amide) rings is 1. The van der Waals surface area contributed by atoms with E-state index in [4.69, 9.17) is 5.11 Å². The number of carboxylic acid groups (broad SMARTS) is 2. The molecule has 1 fully saturated rings. The van der Waals surface area contributed by atoms with E-state index >= 15 is 0 Å². The summed E-state index contributed by atoms with van der Waals surface area (Å²) in [5.41, 5.74) is -0.489. The van der Waals surface area contributed by atoms with Crippen molar-refractivity contribution in [2.75, 3.05) is 5.75 Å². The van der Waals surface area contributed by atoms with Crippen molar-refractivity contribution in [1.82, 2.24) is 10.2 Å². The number of nitrogens with zero attached hydrogens (tertiary/aromatic N) is 1. The summed E-state index contributed by atoms with van der Waals surface area (Å²) in [5, 5.41) is 20.0. The average Bonchev–Trinajstić information content (AvgIpc) is 2.60. The molecular weight excluding hydrogens is 367 g/mol. The second-order valence-corrected chi connectivity index (χ2v) is 6.74. The molecule has 2 heterocycles. The third-order valence-corrected chi connectivity index (χ3v) is 5.31. The fraction of sp³-hybridized carbons (Fsp3) is 0.250. The Balaban J connectivity index is 1.78. The highest BCUT2D eigenvalue weighted by Gasteiger charge is 2.55. The van der Waals surface area contributed by atoms with Gasteiger partial charge in [0, 0.05) is 5.75 Å². The van der Waals surface area contributed by atoms with Gasteiger partial charge in [0.25, 0.3) is 5.91 Å². The summed E-state index contributed by atoms with van der Waals surface area (Å²) in [6.45, 7) is 0. The van der Waals surface area contributed by atoms with Crippen LogP contribution in [0.25, 0.3) is 0 Å². The molecule has 0 aliphatic carbocycles. The fourth-order valence-electron chi connectivity index (χ4n) is 2.87. The van der Waals surface area contributed by atoms with Crippen LogP contribution in [-0.4, -0.2) is 56.0 Å². The standard InChI is InChI=1S/C16H13FN2O6S/c17-8-6-26-14-10(13(21)19(14)11(8)16(24)25)18-12(20)9(15(22)23)7-4-2-1-3-5-7/h1-5,9-10,14H,6H2,(H,18,20)(H,22,23)(H,24,25)/t9?,10?,14-/m1/s1. The van der Waals surface area contributed by atoms with Gasteiger partial charge in [-0.15, -0.1) is 11.8 Å². The van der Waals surface area contributed by atoms with Gasteiger partial charge >= 0.3 is 11.9 Å². The highest BCUT2D eigenvalue weighted by molar-refractivity contribution is 8.00. The van der Waals surface area contributed by atoms with Gasteiger partial charge in [0.05, 0.1) is 0 Å². The van der Waals surface area contributed by atoms with Gasteiger partial charge in [0.15, 0.2) is 11.6 Å². The summed E-state index contributed by atoms with van der Waals surface area (Å²) in [4.78, 5) is 48.0. The number of aliphatic carboxylic acids is 2. The molecular formula is C16H13FN2O6S. The van der Waals surface area contributed by atoms with E-state index in [9.17, 15) is 28.7 Å². The lowest BCUT2D eigenvalue weighted by Gasteiger charge is -2.48. The number of hydrogen-bond acceptors (Lipinski definition) is 5. The van der Waals surface area contributed by atoms with Crippen LogP contribution in [0.1, 0.15) is 11.5 Å². The normalized spacial score (nSPS) is 23.0. The molecule has 2 aliphatic heterocycles. The van der Waals surface area contributed by atoms with Crippen molar-refractivity contribution in [2.24, 2.45) is 0 Å². The molecule has 3 rings (SSSR count). The molecule has 0 radical (unpaired) electrons. The van der Waals surface area contributed by atoms with Gasteiger partial charge in [-0.2, -0.15) is 0 Å². The van der Waals surface area contributed by atoms with Crippen LogP contribution >= 0.6 is 11.8 Å². The summed E-state index contributed by atoms with van der Waals surface area (Å²) in [7, 11) is 0. The molecule has 26 heavy (non-hydrogen) atoms. The lowest BCUT2D eigenvalue weighted by Crippen LogP contribution is -2.70. The molecule has 136 valence electrons. The Morgan fingerprint density at radius 3 is 2.46 bits per heavy atom. The number of amides is 2. The van der Waals surface area contributed by atoms with Gasteiger partial charge < -0.3 is 15.5 Å². The predicted octanol–water partition coefficient (Wildman–Crippen LogP) is 0.520. The minimum atomic E-state index is -1.57. The monoisotopic (exact) mass is 380 g/mol. The minimum Gasteiger partial charge on any atom is -0.480 e. The van der Waals surface area contributed by atoms with Crippen molar-refractivity contribution < 1.29 is 33.8 Å². The van der Waals surface area contributed by atoms with E-state index in [0.29, 0.717) is 0 Å². The number of benzene rings is 1. The van der Waals surface area contributed by atoms with Crippen LogP contribution in [0.4, 0.5) is 4.39 Å². The van der Waals surface area contributed by atoms with E-state index in [0.717, 1.165) is 16.7 Å². The van der Waals surface area contributed by atoms with Crippen molar-refractivity contribution in [3.8, 4) is 0 Å². The number of fused-ring (bicyclic) bond motifs is 1. The predicted molar refractivity (Wildman–Crippen MR) is 87.6 cm³/mol. The third-order valence-electron chi connectivity index (χ3n) is 4.06. The zero-order chi connectivity index (χ0) is 19.0. The van der Waals surface area contributed by atoms with Crippen LogP contribution in [0.15, 0.2) is 41.9 Å². The summed E-state index contributed by atoms with van der Waals surface area (Å²) in [5.74, 6) is -7.33. The molecule has 1 saturated heterocycles. The molecule has 10 heteroatoms. The Morgan fingerprint density at radius 1 is 1.23 bits per heavy atom. The first-order chi connectivity index (χ1) is 12.3. The van der Waals surface area contributed by atoms with Crippen LogP contribution in [0.5, 0.6) is 0 Å². The lowest BCUT2D eigenvalue weighted by atomic mass is 9.96. The molecule has 2 amide bonds. The third kappa shape index (κ3) is 2.92. The number of nitrogens with one attached hydrogen (secondary N) is 1. The fourth-order valence-corrected chi connectivity index (χ4v) is 4.06. The van der Waals surface area contributed by atoms with E-state index in [1.807, 2.05) is 0 Å². The van der Waals surface area contributed by atoms with Gasteiger partial charge in [-0.1, -0.05) is 30.3 Å². The van der Waals surface area contributed by atoms with E-state index in [-0.39, 0.29) is 11.3 Å². The van der Waals surface area contributed by atoms with Crippen LogP contribution in [0.3, 0.4) is 0 Å². The Kier molecular flexibility index (Phi) is 4.68. The maximum atomic E-state index is 13.7. The van der Waals surface area contributed by atoms with Crippen LogP contribution < -0.4 is 5.32 Å². The highest BCUT2D eigenvalue weighted by Crippen LogP contribution is 2.40. The maximum absolute atomic E-state index is 13.7. The largest absolute Gasteiger partial charge is 0.480 e. The summed E-state index contributed by atoms with van der Waals surface area (Å²) >= 11 is 0.959. The number of hydrogen-bond donors (Lipinski definition) is 3. The van der Waals surface area contributed by atoms with E-state index < -0.39 is 52.6 Å². The van der Waals surface area contributed by atoms with Gasteiger partial charge in [-0.25, -0.2) is 9.18 Å². The molecule has 2 aliphatic rings. The molecule has 0 spiro atoms. The number of halogens is 1. The molecule has 3 atom stereocenters.